The van der Waals surface area contributed by atoms with Crippen LogP contribution in [0, 0.1) is 5.92 Å². The van der Waals surface area contributed by atoms with Crippen LogP contribution < -0.4 is 9.46 Å². The highest BCUT2D eigenvalue weighted by molar-refractivity contribution is 7.92. The molecule has 0 saturated carbocycles. The third-order valence-corrected chi connectivity index (χ3v) is 9.40. The van der Waals surface area contributed by atoms with Crippen molar-refractivity contribution in [2.24, 2.45) is 13.0 Å². The van der Waals surface area contributed by atoms with Gasteiger partial charge < -0.3 is 19.3 Å². The number of amides is 1. The molecule has 3 atom stereocenters. The van der Waals surface area contributed by atoms with Gasteiger partial charge in [0.15, 0.2) is 5.03 Å². The maximum atomic E-state index is 13.5. The Morgan fingerprint density at radius 1 is 1.09 bits per heavy atom. The zero-order valence-electron chi connectivity index (χ0n) is 26.1. The number of hydrogen-bond acceptors (Lipinski definition) is 7. The molecule has 10 nitrogen and oxygen atoms in total. The smallest absolute Gasteiger partial charge is 0.280 e. The predicted molar refractivity (Wildman–Crippen MR) is 174 cm³/mol. The van der Waals surface area contributed by atoms with Crippen LogP contribution in [-0.4, -0.2) is 77.7 Å². The number of ether oxygens (including phenoxy) is 1. The molecule has 0 radical (unpaired) electrons. The van der Waals surface area contributed by atoms with Crippen molar-refractivity contribution in [1.82, 2.24) is 19.4 Å². The fourth-order valence-electron chi connectivity index (χ4n) is 5.56. The molecule has 238 valence electrons. The largest absolute Gasteiger partial charge is 0.488 e. The first-order chi connectivity index (χ1) is 21.5. The van der Waals surface area contributed by atoms with Gasteiger partial charge in [-0.3, -0.25) is 14.4 Å². The summed E-state index contributed by atoms with van der Waals surface area (Å²) in [5.74, 6) is 0.310. The van der Waals surface area contributed by atoms with Crippen molar-refractivity contribution in [1.29, 1.82) is 0 Å². The molecule has 1 aromatic heterocycles. The molecule has 0 fully saturated rings. The Kier molecular flexibility index (Phi) is 9.91. The molecular weight excluding hydrogens is 590 g/mol. The molecule has 4 aromatic rings. The van der Waals surface area contributed by atoms with Gasteiger partial charge in [-0.05, 0) is 48.9 Å². The Morgan fingerprint density at radius 2 is 1.80 bits per heavy atom. The van der Waals surface area contributed by atoms with Gasteiger partial charge in [-0.1, -0.05) is 61.5 Å². The lowest BCUT2D eigenvalue weighted by atomic mass is 10.0. The van der Waals surface area contributed by atoms with Crippen LogP contribution in [-0.2, 0) is 34.8 Å². The highest BCUT2D eigenvalue weighted by Gasteiger charge is 2.31. The Balaban J connectivity index is 1.37. The van der Waals surface area contributed by atoms with Gasteiger partial charge in [0.2, 0.25) is 5.91 Å². The van der Waals surface area contributed by atoms with Crippen LogP contribution in [0.3, 0.4) is 0 Å². The van der Waals surface area contributed by atoms with Gasteiger partial charge in [0, 0.05) is 50.0 Å². The number of aliphatic hydroxyl groups excluding tert-OH is 1. The Morgan fingerprint density at radius 3 is 2.47 bits per heavy atom. The summed E-state index contributed by atoms with van der Waals surface area (Å²) in [6, 6.07) is 23.4. The quantitative estimate of drug-likeness (QED) is 0.270. The number of aromatic nitrogens is 2. The van der Waals surface area contributed by atoms with E-state index in [9.17, 15) is 18.3 Å². The van der Waals surface area contributed by atoms with Crippen LogP contribution in [0.15, 0.2) is 90.3 Å². The van der Waals surface area contributed by atoms with E-state index in [1.165, 1.54) is 23.7 Å². The average Bonchev–Trinajstić information content (AvgIpc) is 3.49. The molecule has 45 heavy (non-hydrogen) atoms. The summed E-state index contributed by atoms with van der Waals surface area (Å²) in [4.78, 5) is 21.4. The number of aryl methyl sites for hydroxylation is 1. The standard InChI is InChI=1S/C34H41N5O5S/c1-24-18-39(25(2)22-40)34(41)17-29-16-30(36-45(42,43)33-21-38(4)23-35-33)14-15-31(29)44-32(24)20-37(3)19-26-10-12-28(13-11-26)27-8-6-5-7-9-27/h5-16,21,23-25,32,36,40H,17-20,22H2,1-4H3/t24-,25+,32-/m1/s1. The number of benzene rings is 3. The van der Waals surface area contributed by atoms with Crippen molar-refractivity contribution in [2.75, 3.05) is 31.5 Å². The van der Waals surface area contributed by atoms with Gasteiger partial charge in [0.1, 0.15) is 11.9 Å². The summed E-state index contributed by atoms with van der Waals surface area (Å²) in [7, 11) is -0.187. The molecule has 0 spiro atoms. The van der Waals surface area contributed by atoms with Crippen LogP contribution in [0.25, 0.3) is 11.1 Å². The van der Waals surface area contributed by atoms with Gasteiger partial charge in [0.25, 0.3) is 10.0 Å². The number of rotatable bonds is 10. The lowest BCUT2D eigenvalue weighted by Gasteiger charge is -2.34. The minimum Gasteiger partial charge on any atom is -0.488 e. The first-order valence-electron chi connectivity index (χ1n) is 15.1. The lowest BCUT2D eigenvalue weighted by Crippen LogP contribution is -2.47. The molecule has 1 aliphatic heterocycles. The van der Waals surface area contributed by atoms with E-state index in [0.29, 0.717) is 36.6 Å². The maximum Gasteiger partial charge on any atom is 0.280 e. The minimum absolute atomic E-state index is 0.00186. The van der Waals surface area contributed by atoms with E-state index in [0.717, 1.165) is 5.56 Å². The van der Waals surface area contributed by atoms with Crippen LogP contribution in [0.4, 0.5) is 5.69 Å². The van der Waals surface area contributed by atoms with E-state index in [-0.39, 0.29) is 42.0 Å². The lowest BCUT2D eigenvalue weighted by molar-refractivity contribution is -0.134. The SMILES string of the molecule is C[C@@H]1CN([C@@H](C)CO)C(=O)Cc2cc(NS(=O)(=O)c3cn(C)cn3)ccc2O[C@@H]1CN(C)Cc1ccc(-c2ccccc2)cc1. The summed E-state index contributed by atoms with van der Waals surface area (Å²) < 4.78 is 36.6. The zero-order chi connectivity index (χ0) is 32.1. The van der Waals surface area contributed by atoms with Crippen molar-refractivity contribution in [3.05, 3.63) is 96.4 Å². The normalized spacial score (nSPS) is 18.0. The second kappa shape index (κ2) is 13.8. The number of carbonyl (C=O) groups excluding carboxylic acids is 1. The van der Waals surface area contributed by atoms with Crippen LogP contribution >= 0.6 is 0 Å². The summed E-state index contributed by atoms with van der Waals surface area (Å²) in [6.07, 6.45) is 2.55. The molecule has 0 unspecified atom stereocenters. The van der Waals surface area contributed by atoms with Crippen molar-refractivity contribution >= 4 is 21.6 Å². The van der Waals surface area contributed by atoms with E-state index in [2.05, 4.69) is 57.9 Å². The summed E-state index contributed by atoms with van der Waals surface area (Å²) in [6.45, 7) is 5.42. The molecule has 0 bridgehead atoms. The molecule has 1 amide bonds. The molecular formula is C34H41N5O5S. The third kappa shape index (κ3) is 7.91. The van der Waals surface area contributed by atoms with Gasteiger partial charge in [-0.25, -0.2) is 4.98 Å². The molecule has 1 aliphatic rings. The number of sulfonamides is 1. The van der Waals surface area contributed by atoms with Gasteiger partial charge >= 0.3 is 0 Å². The second-order valence-electron chi connectivity index (χ2n) is 12.0. The van der Waals surface area contributed by atoms with E-state index in [4.69, 9.17) is 4.74 Å². The topological polar surface area (TPSA) is 117 Å². The van der Waals surface area contributed by atoms with Gasteiger partial charge in [-0.2, -0.15) is 8.42 Å². The number of hydrogen-bond donors (Lipinski definition) is 2. The van der Waals surface area contributed by atoms with E-state index >= 15 is 0 Å². The molecule has 2 heterocycles. The molecule has 2 N–H and O–H groups in total. The number of nitrogens with zero attached hydrogens (tertiary/aromatic N) is 4. The van der Waals surface area contributed by atoms with E-state index in [1.54, 1.807) is 34.7 Å². The predicted octanol–water partition coefficient (Wildman–Crippen LogP) is 4.17. The average molecular weight is 632 g/mol. The second-order valence-corrected chi connectivity index (χ2v) is 13.6. The first kappa shape index (κ1) is 32.2. The van der Waals surface area contributed by atoms with Crippen molar-refractivity contribution < 1.29 is 23.1 Å². The van der Waals surface area contributed by atoms with Crippen molar-refractivity contribution in [3.63, 3.8) is 0 Å². The number of imidazole rings is 1. The highest BCUT2D eigenvalue weighted by atomic mass is 32.2. The summed E-state index contributed by atoms with van der Waals surface area (Å²) in [5, 5.41) is 9.85. The van der Waals surface area contributed by atoms with Crippen LogP contribution in [0.5, 0.6) is 5.75 Å². The number of carbonyl (C=O) groups is 1. The Bertz CT molecular complexity index is 1710. The first-order valence-corrected chi connectivity index (χ1v) is 16.5. The number of fused-ring (bicyclic) bond motifs is 1. The fraction of sp³-hybridized carbons (Fsp3) is 0.353. The number of likely N-dealkylation sites (N-methyl/N-ethyl adjacent to an activating group) is 1. The van der Waals surface area contributed by atoms with Crippen molar-refractivity contribution in [2.45, 2.75) is 44.0 Å². The maximum absolute atomic E-state index is 13.5. The number of nitrogens with one attached hydrogen (secondary N) is 1. The molecule has 11 heteroatoms. The molecule has 0 aliphatic carbocycles. The number of aliphatic hydroxyl groups is 1. The Labute approximate surface area is 265 Å². The fourth-order valence-corrected chi connectivity index (χ4v) is 6.60. The third-order valence-electron chi connectivity index (χ3n) is 8.13. The van der Waals surface area contributed by atoms with Crippen LogP contribution in [0.2, 0.25) is 0 Å². The molecule has 5 rings (SSSR count). The monoisotopic (exact) mass is 631 g/mol. The van der Waals surface area contributed by atoms with Gasteiger partial charge in [0.05, 0.1) is 25.4 Å². The van der Waals surface area contributed by atoms with Gasteiger partial charge in [-0.15, -0.1) is 0 Å². The summed E-state index contributed by atoms with van der Waals surface area (Å²) >= 11 is 0. The highest BCUT2D eigenvalue weighted by Crippen LogP contribution is 2.30. The van der Waals surface area contributed by atoms with Crippen molar-refractivity contribution in [3.8, 4) is 16.9 Å². The summed E-state index contributed by atoms with van der Waals surface area (Å²) in [5.41, 5.74) is 4.37. The molecule has 3 aromatic carbocycles. The zero-order valence-corrected chi connectivity index (χ0v) is 26.9. The van der Waals surface area contributed by atoms with E-state index < -0.39 is 10.0 Å². The molecule has 0 saturated heterocycles. The van der Waals surface area contributed by atoms with Crippen LogP contribution in [0.1, 0.15) is 25.0 Å². The minimum atomic E-state index is -3.93. The van der Waals surface area contributed by atoms with E-state index in [1.807, 2.05) is 32.2 Å². The number of anilines is 1. The Hall–Kier alpha value is -4.19.